The minimum atomic E-state index is -4.60. The molecule has 22 heavy (non-hydrogen) atoms. The number of amides is 1. The van der Waals surface area contributed by atoms with Gasteiger partial charge < -0.3 is 0 Å². The van der Waals surface area contributed by atoms with E-state index in [1.807, 2.05) is 0 Å². The summed E-state index contributed by atoms with van der Waals surface area (Å²) in [5, 5.41) is 2.77. The minimum Gasteiger partial charge on any atom is -0.272 e. The number of rotatable bonds is 4. The molecule has 2 rings (SSSR count). The highest BCUT2D eigenvalue weighted by atomic mass is 35.5. The van der Waals surface area contributed by atoms with E-state index in [2.05, 4.69) is 6.58 Å². The van der Waals surface area contributed by atoms with Crippen LogP contribution >= 0.6 is 23.2 Å². The van der Waals surface area contributed by atoms with Gasteiger partial charge in [-0.2, -0.15) is 13.2 Å². The molecule has 0 saturated carbocycles. The first-order chi connectivity index (χ1) is 10.3. The molecule has 1 atom stereocenters. The van der Waals surface area contributed by atoms with Crippen LogP contribution < -0.4 is 5.01 Å². The molecule has 0 spiro atoms. The first-order valence-corrected chi connectivity index (χ1v) is 7.22. The fourth-order valence-corrected chi connectivity index (χ4v) is 2.75. The molecule has 1 aromatic carbocycles. The molecule has 0 N–H and O–H groups in total. The van der Waals surface area contributed by atoms with Crippen molar-refractivity contribution < 1.29 is 18.0 Å². The molecule has 0 aliphatic carbocycles. The normalized spacial score (nSPS) is 19.8. The Kier molecular flexibility index (Phi) is 5.04. The van der Waals surface area contributed by atoms with E-state index in [1.165, 1.54) is 23.2 Å². The van der Waals surface area contributed by atoms with Gasteiger partial charge in [0.1, 0.15) is 5.92 Å². The number of carbonyl (C=O) groups is 1. The molecule has 120 valence electrons. The summed E-state index contributed by atoms with van der Waals surface area (Å²) >= 11 is 11.8. The Morgan fingerprint density at radius 3 is 2.59 bits per heavy atom. The maximum absolute atomic E-state index is 13.0. The summed E-state index contributed by atoms with van der Waals surface area (Å²) < 4.78 is 39.0. The highest BCUT2D eigenvalue weighted by molar-refractivity contribution is 6.36. The number of halogens is 5. The van der Waals surface area contributed by atoms with E-state index in [-0.39, 0.29) is 17.3 Å². The maximum Gasteiger partial charge on any atom is 0.401 e. The Labute approximate surface area is 135 Å². The summed E-state index contributed by atoms with van der Waals surface area (Å²) in [6.45, 7) is 3.34. The molecule has 0 radical (unpaired) electrons. The Balaban J connectivity index is 2.39. The summed E-state index contributed by atoms with van der Waals surface area (Å²) in [5.41, 5.74) is 0.187. The second-order valence-corrected chi connectivity index (χ2v) is 5.67. The number of hydrogen-bond donors (Lipinski definition) is 0. The van der Waals surface area contributed by atoms with Crippen LogP contribution in [0.3, 0.4) is 0 Å². The predicted molar refractivity (Wildman–Crippen MR) is 79.9 cm³/mol. The van der Waals surface area contributed by atoms with Gasteiger partial charge in [-0.3, -0.25) is 4.79 Å². The largest absolute Gasteiger partial charge is 0.401 e. The number of hydrogen-bond acceptors (Lipinski definition) is 2. The van der Waals surface area contributed by atoms with Crippen LogP contribution in [-0.2, 0) is 4.79 Å². The van der Waals surface area contributed by atoms with Gasteiger partial charge in [0.25, 0.3) is 5.91 Å². The minimum absolute atomic E-state index is 0.118. The molecule has 3 nitrogen and oxygen atoms in total. The lowest BCUT2D eigenvalue weighted by atomic mass is 10.1. The third-order valence-electron chi connectivity index (χ3n) is 3.31. The molecule has 0 bridgehead atoms. The van der Waals surface area contributed by atoms with Crippen molar-refractivity contribution in [3.8, 4) is 0 Å². The summed E-state index contributed by atoms with van der Waals surface area (Å²) in [7, 11) is 0. The van der Waals surface area contributed by atoms with Gasteiger partial charge in [0.05, 0.1) is 10.7 Å². The predicted octanol–water partition coefficient (Wildman–Crippen LogP) is 4.31. The average Bonchev–Trinajstić information content (AvgIpc) is 2.74. The van der Waals surface area contributed by atoms with Crippen molar-refractivity contribution in [2.45, 2.75) is 12.6 Å². The van der Waals surface area contributed by atoms with Gasteiger partial charge in [-0.05, 0) is 24.6 Å². The molecule has 1 aromatic rings. The van der Waals surface area contributed by atoms with E-state index in [0.29, 0.717) is 11.4 Å². The highest BCUT2D eigenvalue weighted by Gasteiger charge is 2.53. The van der Waals surface area contributed by atoms with Crippen LogP contribution in [0.25, 0.3) is 0 Å². The zero-order valence-electron chi connectivity index (χ0n) is 11.4. The molecule has 8 heteroatoms. The molecule has 1 heterocycles. The Bertz CT molecular complexity index is 592. The standard InChI is InChI=1S/C14H13Cl2F3N2O/c1-2-3-6-20-8-10(14(17,18)19)13(22)21(20)12-5-4-9(15)7-11(12)16/h2,4-5,7,10H,1,3,6,8H2. The zero-order valence-corrected chi connectivity index (χ0v) is 12.9. The Morgan fingerprint density at radius 1 is 1.36 bits per heavy atom. The third-order valence-corrected chi connectivity index (χ3v) is 3.85. The van der Waals surface area contributed by atoms with Gasteiger partial charge >= 0.3 is 6.18 Å². The van der Waals surface area contributed by atoms with Crippen LogP contribution in [0.4, 0.5) is 18.9 Å². The van der Waals surface area contributed by atoms with E-state index in [0.717, 1.165) is 5.01 Å². The topological polar surface area (TPSA) is 23.6 Å². The van der Waals surface area contributed by atoms with Gasteiger partial charge in [0.2, 0.25) is 0 Å². The second kappa shape index (κ2) is 6.48. The average molecular weight is 353 g/mol. The monoisotopic (exact) mass is 352 g/mol. The van der Waals surface area contributed by atoms with E-state index >= 15 is 0 Å². The van der Waals surface area contributed by atoms with E-state index in [1.54, 1.807) is 6.08 Å². The van der Waals surface area contributed by atoms with Crippen molar-refractivity contribution in [1.82, 2.24) is 5.01 Å². The number of benzene rings is 1. The zero-order chi connectivity index (χ0) is 16.5. The lowest BCUT2D eigenvalue weighted by Crippen LogP contribution is -2.40. The first-order valence-electron chi connectivity index (χ1n) is 6.47. The molecule has 1 aliphatic heterocycles. The number of alkyl halides is 3. The van der Waals surface area contributed by atoms with Gasteiger partial charge in [0.15, 0.2) is 0 Å². The molecule has 0 aromatic heterocycles. The fraction of sp³-hybridized carbons (Fsp3) is 0.357. The Hall–Kier alpha value is -1.24. The van der Waals surface area contributed by atoms with Crippen LogP contribution in [0.2, 0.25) is 10.0 Å². The van der Waals surface area contributed by atoms with Crippen molar-refractivity contribution in [2.75, 3.05) is 18.1 Å². The smallest absolute Gasteiger partial charge is 0.272 e. The maximum atomic E-state index is 13.0. The van der Waals surface area contributed by atoms with Crippen molar-refractivity contribution >= 4 is 34.8 Å². The molecular formula is C14H13Cl2F3N2O. The van der Waals surface area contributed by atoms with E-state index < -0.39 is 24.5 Å². The van der Waals surface area contributed by atoms with Crippen LogP contribution in [0.1, 0.15) is 6.42 Å². The fourth-order valence-electron chi connectivity index (χ4n) is 2.26. The lowest BCUT2D eigenvalue weighted by molar-refractivity contribution is -0.175. The number of carbonyl (C=O) groups excluding carboxylic acids is 1. The lowest BCUT2D eigenvalue weighted by Gasteiger charge is -2.28. The highest BCUT2D eigenvalue weighted by Crippen LogP contribution is 2.39. The molecular weight excluding hydrogens is 340 g/mol. The van der Waals surface area contributed by atoms with Crippen LogP contribution in [-0.4, -0.2) is 30.2 Å². The Morgan fingerprint density at radius 2 is 2.05 bits per heavy atom. The third kappa shape index (κ3) is 3.39. The molecule has 1 amide bonds. The molecule has 1 fully saturated rings. The van der Waals surface area contributed by atoms with Crippen molar-refractivity contribution in [2.24, 2.45) is 5.92 Å². The molecule has 1 unspecified atom stereocenters. The van der Waals surface area contributed by atoms with E-state index in [9.17, 15) is 18.0 Å². The van der Waals surface area contributed by atoms with Gasteiger partial charge in [-0.25, -0.2) is 10.0 Å². The summed E-state index contributed by atoms with van der Waals surface area (Å²) in [5.74, 6) is -3.11. The number of anilines is 1. The van der Waals surface area contributed by atoms with Crippen molar-refractivity contribution in [3.63, 3.8) is 0 Å². The van der Waals surface area contributed by atoms with Crippen molar-refractivity contribution in [3.05, 3.63) is 40.9 Å². The van der Waals surface area contributed by atoms with Gasteiger partial charge in [-0.1, -0.05) is 29.3 Å². The van der Waals surface area contributed by atoms with Gasteiger partial charge in [-0.15, -0.1) is 6.58 Å². The summed E-state index contributed by atoms with van der Waals surface area (Å²) in [6, 6.07) is 4.29. The molecule has 1 saturated heterocycles. The first kappa shape index (κ1) is 17.1. The quantitative estimate of drug-likeness (QED) is 0.753. The summed E-state index contributed by atoms with van der Waals surface area (Å²) in [4.78, 5) is 12.2. The summed E-state index contributed by atoms with van der Waals surface area (Å²) in [6.07, 6.45) is -2.58. The number of nitrogens with zero attached hydrogens (tertiary/aromatic N) is 2. The SMILES string of the molecule is C=CCCN1CC(C(F)(F)F)C(=O)N1c1ccc(Cl)cc1Cl. The van der Waals surface area contributed by atoms with Gasteiger partial charge in [0, 0.05) is 18.1 Å². The number of hydrazine groups is 1. The molecule has 1 aliphatic rings. The van der Waals surface area contributed by atoms with Crippen LogP contribution in [0.15, 0.2) is 30.9 Å². The van der Waals surface area contributed by atoms with E-state index in [4.69, 9.17) is 23.2 Å². The second-order valence-electron chi connectivity index (χ2n) is 4.83. The van der Waals surface area contributed by atoms with Crippen molar-refractivity contribution in [1.29, 1.82) is 0 Å². The van der Waals surface area contributed by atoms with Crippen LogP contribution in [0, 0.1) is 5.92 Å². The van der Waals surface area contributed by atoms with Crippen LogP contribution in [0.5, 0.6) is 0 Å².